The molecule has 3 aromatic rings. The molecule has 23 heavy (non-hydrogen) atoms. The minimum absolute atomic E-state index is 0.374. The van der Waals surface area contributed by atoms with Gasteiger partial charge in [0.2, 0.25) is 0 Å². The molecule has 0 radical (unpaired) electrons. The van der Waals surface area contributed by atoms with Gasteiger partial charge in [-0.2, -0.15) is 5.10 Å². The number of hydrogen-bond acceptors (Lipinski definition) is 6. The van der Waals surface area contributed by atoms with Crippen LogP contribution in [0.1, 0.15) is 19.8 Å². The van der Waals surface area contributed by atoms with Crippen LogP contribution < -0.4 is 10.6 Å². The molecule has 7 nitrogen and oxygen atoms in total. The van der Waals surface area contributed by atoms with Crippen LogP contribution >= 0.6 is 0 Å². The van der Waals surface area contributed by atoms with Gasteiger partial charge in [0.05, 0.1) is 36.0 Å². The van der Waals surface area contributed by atoms with Gasteiger partial charge in [0.1, 0.15) is 5.82 Å². The first-order valence-electron chi connectivity index (χ1n) is 7.91. The Morgan fingerprint density at radius 3 is 3.09 bits per heavy atom. The molecular formula is C16H19N7. The van der Waals surface area contributed by atoms with Crippen molar-refractivity contribution in [2.45, 2.75) is 31.8 Å². The molecular weight excluding hydrogens is 290 g/mol. The van der Waals surface area contributed by atoms with Crippen molar-refractivity contribution in [3.05, 3.63) is 37.2 Å². The van der Waals surface area contributed by atoms with Gasteiger partial charge in [-0.15, -0.1) is 0 Å². The molecule has 3 aromatic heterocycles. The molecule has 4 heterocycles. The van der Waals surface area contributed by atoms with Crippen LogP contribution in [0.25, 0.3) is 16.8 Å². The Morgan fingerprint density at radius 2 is 2.17 bits per heavy atom. The molecule has 0 aliphatic carbocycles. The summed E-state index contributed by atoms with van der Waals surface area (Å²) in [5, 5.41) is 11.3. The van der Waals surface area contributed by atoms with E-state index in [1.54, 1.807) is 35.5 Å². The van der Waals surface area contributed by atoms with E-state index >= 15 is 0 Å². The first-order valence-corrected chi connectivity index (χ1v) is 7.91. The summed E-state index contributed by atoms with van der Waals surface area (Å²) in [6.45, 7) is 3.28. The number of rotatable bonds is 3. The van der Waals surface area contributed by atoms with Gasteiger partial charge in [-0.05, 0) is 26.3 Å². The summed E-state index contributed by atoms with van der Waals surface area (Å²) < 4.78 is 1.79. The van der Waals surface area contributed by atoms with E-state index in [9.17, 15) is 0 Å². The van der Waals surface area contributed by atoms with Crippen LogP contribution in [0.2, 0.25) is 0 Å². The van der Waals surface area contributed by atoms with Crippen molar-refractivity contribution in [2.24, 2.45) is 0 Å². The summed E-state index contributed by atoms with van der Waals surface area (Å²) in [7, 11) is 0. The van der Waals surface area contributed by atoms with Gasteiger partial charge in [-0.3, -0.25) is 9.97 Å². The molecule has 118 valence electrons. The maximum Gasteiger partial charge on any atom is 0.145 e. The zero-order valence-electron chi connectivity index (χ0n) is 13.0. The number of nitrogens with one attached hydrogen (secondary N) is 2. The highest BCUT2D eigenvalue weighted by Crippen LogP contribution is 2.23. The summed E-state index contributed by atoms with van der Waals surface area (Å²) in [6, 6.07) is 0.800. The molecule has 0 saturated carbocycles. The largest absolute Gasteiger partial charge is 0.364 e. The monoisotopic (exact) mass is 309 g/mol. The first kappa shape index (κ1) is 14.1. The lowest BCUT2D eigenvalue weighted by molar-refractivity contribution is 0.388. The maximum atomic E-state index is 4.71. The SMILES string of the molecule is C[C@H]1NCCC[C@H]1Nc1cncc(-c2cnn3ccncc23)n1. The molecule has 4 rings (SSSR count). The molecule has 1 aliphatic heterocycles. The van der Waals surface area contributed by atoms with Crippen molar-refractivity contribution in [1.29, 1.82) is 0 Å². The smallest absolute Gasteiger partial charge is 0.145 e. The van der Waals surface area contributed by atoms with Crippen molar-refractivity contribution in [3.63, 3.8) is 0 Å². The van der Waals surface area contributed by atoms with Gasteiger partial charge in [0, 0.05) is 30.0 Å². The van der Waals surface area contributed by atoms with Crippen LogP contribution in [0.4, 0.5) is 5.82 Å². The number of nitrogens with zero attached hydrogens (tertiary/aromatic N) is 5. The second kappa shape index (κ2) is 5.92. The van der Waals surface area contributed by atoms with Gasteiger partial charge in [-0.25, -0.2) is 9.50 Å². The molecule has 7 heteroatoms. The van der Waals surface area contributed by atoms with E-state index in [1.807, 2.05) is 6.20 Å². The van der Waals surface area contributed by atoms with Crippen LogP contribution in [-0.2, 0) is 0 Å². The number of hydrogen-bond donors (Lipinski definition) is 2. The standard InChI is InChI=1S/C16H19N7/c1-11-13(3-2-4-19-11)21-16-10-18-8-14(22-16)12-7-20-23-6-5-17-9-15(12)23/h5-11,13,19H,2-4H2,1H3,(H,21,22)/t11-,13-/m1/s1. The van der Waals surface area contributed by atoms with E-state index in [1.165, 1.54) is 6.42 Å². The molecule has 1 saturated heterocycles. The molecule has 0 bridgehead atoms. The van der Waals surface area contributed by atoms with E-state index in [0.717, 1.165) is 35.6 Å². The lowest BCUT2D eigenvalue weighted by Gasteiger charge is -2.30. The van der Waals surface area contributed by atoms with Crippen LogP contribution in [0.5, 0.6) is 0 Å². The second-order valence-corrected chi connectivity index (χ2v) is 5.89. The van der Waals surface area contributed by atoms with Crippen LogP contribution in [-0.4, -0.2) is 43.2 Å². The minimum atomic E-state index is 0.374. The highest BCUT2D eigenvalue weighted by atomic mass is 15.2. The van der Waals surface area contributed by atoms with Crippen LogP contribution in [0.15, 0.2) is 37.2 Å². The number of fused-ring (bicyclic) bond motifs is 1. The fourth-order valence-corrected chi connectivity index (χ4v) is 3.03. The highest BCUT2D eigenvalue weighted by Gasteiger charge is 2.21. The number of piperidine rings is 1. The Labute approximate surface area is 134 Å². The van der Waals surface area contributed by atoms with Crippen molar-refractivity contribution in [3.8, 4) is 11.3 Å². The maximum absolute atomic E-state index is 4.71. The third-order valence-electron chi connectivity index (χ3n) is 4.33. The van der Waals surface area contributed by atoms with Gasteiger partial charge < -0.3 is 10.6 Å². The Kier molecular flexibility index (Phi) is 3.63. The Hall–Kier alpha value is -2.54. The predicted octanol–water partition coefficient (Wildman–Crippen LogP) is 1.74. The molecule has 2 N–H and O–H groups in total. The number of aromatic nitrogens is 5. The van der Waals surface area contributed by atoms with E-state index in [4.69, 9.17) is 4.98 Å². The quantitative estimate of drug-likeness (QED) is 0.767. The summed E-state index contributed by atoms with van der Waals surface area (Å²) in [4.78, 5) is 13.2. The molecule has 1 aliphatic rings. The molecule has 0 unspecified atom stereocenters. The van der Waals surface area contributed by atoms with E-state index in [0.29, 0.717) is 12.1 Å². The number of anilines is 1. The predicted molar refractivity (Wildman–Crippen MR) is 88.1 cm³/mol. The molecule has 0 spiro atoms. The van der Waals surface area contributed by atoms with E-state index < -0.39 is 0 Å². The Morgan fingerprint density at radius 1 is 1.22 bits per heavy atom. The fraction of sp³-hybridized carbons (Fsp3) is 0.375. The molecule has 1 fully saturated rings. The minimum Gasteiger partial charge on any atom is -0.364 e. The van der Waals surface area contributed by atoms with Crippen molar-refractivity contribution in [2.75, 3.05) is 11.9 Å². The molecule has 2 atom stereocenters. The normalized spacial score (nSPS) is 21.4. The lowest BCUT2D eigenvalue weighted by atomic mass is 10.00. The first-order chi connectivity index (χ1) is 11.3. The lowest BCUT2D eigenvalue weighted by Crippen LogP contribution is -2.46. The van der Waals surface area contributed by atoms with Crippen LogP contribution in [0, 0.1) is 0 Å². The summed E-state index contributed by atoms with van der Waals surface area (Å²) in [6.07, 6.45) is 13.0. The zero-order chi connectivity index (χ0) is 15.6. The van der Waals surface area contributed by atoms with Crippen molar-refractivity contribution >= 4 is 11.3 Å². The Bertz CT molecular complexity index is 813. The van der Waals surface area contributed by atoms with E-state index in [-0.39, 0.29) is 0 Å². The summed E-state index contributed by atoms with van der Waals surface area (Å²) in [5.41, 5.74) is 2.66. The van der Waals surface area contributed by atoms with E-state index in [2.05, 4.69) is 32.6 Å². The van der Waals surface area contributed by atoms with Crippen LogP contribution in [0.3, 0.4) is 0 Å². The zero-order valence-corrected chi connectivity index (χ0v) is 13.0. The average molecular weight is 309 g/mol. The summed E-state index contributed by atoms with van der Waals surface area (Å²) in [5.74, 6) is 0.797. The molecule has 0 amide bonds. The average Bonchev–Trinajstić information content (AvgIpc) is 3.01. The van der Waals surface area contributed by atoms with Gasteiger partial charge in [-0.1, -0.05) is 0 Å². The third-order valence-corrected chi connectivity index (χ3v) is 4.33. The van der Waals surface area contributed by atoms with Gasteiger partial charge >= 0.3 is 0 Å². The van der Waals surface area contributed by atoms with Crippen molar-refractivity contribution in [1.82, 2.24) is 29.9 Å². The van der Waals surface area contributed by atoms with Crippen molar-refractivity contribution < 1.29 is 0 Å². The fourth-order valence-electron chi connectivity index (χ4n) is 3.03. The highest BCUT2D eigenvalue weighted by molar-refractivity contribution is 5.76. The topological polar surface area (TPSA) is 80.0 Å². The van der Waals surface area contributed by atoms with Gasteiger partial charge in [0.15, 0.2) is 0 Å². The second-order valence-electron chi connectivity index (χ2n) is 5.89. The van der Waals surface area contributed by atoms with Gasteiger partial charge in [0.25, 0.3) is 0 Å². The molecule has 0 aromatic carbocycles. The Balaban J connectivity index is 1.63. The summed E-state index contributed by atoms with van der Waals surface area (Å²) >= 11 is 0. The third kappa shape index (κ3) is 2.75.